The first-order valence-corrected chi connectivity index (χ1v) is 6.32. The standard InChI is InChI=1S/C14H21N3/c1-11-8-9-17(12(2)10-11)14(15)16-13-6-4-3-5-7-13/h3-7,11-12H,8-10H2,1-2H3,(H2,15,16). The van der Waals surface area contributed by atoms with E-state index in [9.17, 15) is 0 Å². The molecule has 1 aliphatic rings. The van der Waals surface area contributed by atoms with Crippen molar-refractivity contribution in [2.45, 2.75) is 32.7 Å². The van der Waals surface area contributed by atoms with Crippen molar-refractivity contribution in [2.75, 3.05) is 6.54 Å². The molecule has 3 heteroatoms. The van der Waals surface area contributed by atoms with Gasteiger partial charge in [-0.2, -0.15) is 0 Å². The van der Waals surface area contributed by atoms with Crippen LogP contribution in [-0.4, -0.2) is 23.4 Å². The van der Waals surface area contributed by atoms with E-state index < -0.39 is 0 Å². The van der Waals surface area contributed by atoms with E-state index in [0.717, 1.165) is 18.2 Å². The maximum Gasteiger partial charge on any atom is 0.196 e. The molecule has 1 saturated heterocycles. The molecular formula is C14H21N3. The van der Waals surface area contributed by atoms with Crippen molar-refractivity contribution in [2.24, 2.45) is 16.6 Å². The molecule has 0 radical (unpaired) electrons. The first-order valence-electron chi connectivity index (χ1n) is 6.32. The van der Waals surface area contributed by atoms with E-state index in [0.29, 0.717) is 12.0 Å². The Kier molecular flexibility index (Phi) is 3.67. The molecule has 1 aromatic rings. The van der Waals surface area contributed by atoms with Gasteiger partial charge in [0.15, 0.2) is 5.96 Å². The van der Waals surface area contributed by atoms with Gasteiger partial charge in [-0.25, -0.2) is 4.99 Å². The number of piperidine rings is 1. The summed E-state index contributed by atoms with van der Waals surface area (Å²) in [6.45, 7) is 5.55. The monoisotopic (exact) mass is 231 g/mol. The molecule has 0 amide bonds. The number of likely N-dealkylation sites (tertiary alicyclic amines) is 1. The van der Waals surface area contributed by atoms with Gasteiger partial charge < -0.3 is 10.6 Å². The first-order chi connectivity index (χ1) is 8.16. The SMILES string of the molecule is CC1CCN(C(N)=Nc2ccccc2)C(C)C1. The average Bonchev–Trinajstić information content (AvgIpc) is 2.30. The zero-order valence-electron chi connectivity index (χ0n) is 10.6. The number of benzene rings is 1. The van der Waals surface area contributed by atoms with E-state index in [2.05, 4.69) is 23.7 Å². The van der Waals surface area contributed by atoms with Gasteiger partial charge in [-0.3, -0.25) is 0 Å². The van der Waals surface area contributed by atoms with Gasteiger partial charge in [0.05, 0.1) is 5.69 Å². The summed E-state index contributed by atoms with van der Waals surface area (Å²) < 4.78 is 0. The highest BCUT2D eigenvalue weighted by Gasteiger charge is 2.23. The number of hydrogen-bond donors (Lipinski definition) is 1. The van der Waals surface area contributed by atoms with E-state index in [1.165, 1.54) is 12.8 Å². The van der Waals surface area contributed by atoms with Crippen LogP contribution in [0.1, 0.15) is 26.7 Å². The predicted molar refractivity (Wildman–Crippen MR) is 72.3 cm³/mol. The highest BCUT2D eigenvalue weighted by atomic mass is 15.3. The van der Waals surface area contributed by atoms with Crippen molar-refractivity contribution in [3.63, 3.8) is 0 Å². The van der Waals surface area contributed by atoms with Gasteiger partial charge in [-0.15, -0.1) is 0 Å². The predicted octanol–water partition coefficient (Wildman–Crippen LogP) is 2.75. The third kappa shape index (κ3) is 2.99. The van der Waals surface area contributed by atoms with Crippen molar-refractivity contribution in [1.29, 1.82) is 0 Å². The van der Waals surface area contributed by atoms with Crippen LogP contribution >= 0.6 is 0 Å². The van der Waals surface area contributed by atoms with E-state index in [1.807, 2.05) is 30.3 Å². The highest BCUT2D eigenvalue weighted by Crippen LogP contribution is 2.22. The van der Waals surface area contributed by atoms with Gasteiger partial charge in [0.1, 0.15) is 0 Å². The summed E-state index contributed by atoms with van der Waals surface area (Å²) >= 11 is 0. The fourth-order valence-corrected chi connectivity index (χ4v) is 2.45. The summed E-state index contributed by atoms with van der Waals surface area (Å²) in [5.74, 6) is 1.45. The van der Waals surface area contributed by atoms with Gasteiger partial charge in [-0.05, 0) is 37.8 Å². The number of hydrogen-bond acceptors (Lipinski definition) is 1. The van der Waals surface area contributed by atoms with Crippen molar-refractivity contribution >= 4 is 11.6 Å². The summed E-state index contributed by atoms with van der Waals surface area (Å²) in [6, 6.07) is 10.4. The highest BCUT2D eigenvalue weighted by molar-refractivity contribution is 5.81. The van der Waals surface area contributed by atoms with E-state index in [4.69, 9.17) is 5.73 Å². The van der Waals surface area contributed by atoms with Gasteiger partial charge in [0.2, 0.25) is 0 Å². The van der Waals surface area contributed by atoms with Crippen LogP contribution in [0.5, 0.6) is 0 Å². The number of guanidine groups is 1. The van der Waals surface area contributed by atoms with Crippen LogP contribution < -0.4 is 5.73 Å². The van der Waals surface area contributed by atoms with Crippen LogP contribution in [0.15, 0.2) is 35.3 Å². The van der Waals surface area contributed by atoms with Crippen molar-refractivity contribution < 1.29 is 0 Å². The lowest BCUT2D eigenvalue weighted by atomic mass is 9.94. The van der Waals surface area contributed by atoms with Gasteiger partial charge in [0, 0.05) is 12.6 Å². The minimum absolute atomic E-state index is 0.492. The Morgan fingerprint density at radius 1 is 1.29 bits per heavy atom. The molecular weight excluding hydrogens is 210 g/mol. The molecule has 2 atom stereocenters. The zero-order chi connectivity index (χ0) is 12.3. The Hall–Kier alpha value is -1.51. The van der Waals surface area contributed by atoms with E-state index in [-0.39, 0.29) is 0 Å². The van der Waals surface area contributed by atoms with Crippen LogP contribution in [0.3, 0.4) is 0 Å². The van der Waals surface area contributed by atoms with Crippen molar-refractivity contribution in [3.05, 3.63) is 30.3 Å². The molecule has 2 unspecified atom stereocenters. The molecule has 0 saturated carbocycles. The van der Waals surface area contributed by atoms with Crippen molar-refractivity contribution in [1.82, 2.24) is 4.90 Å². The maximum atomic E-state index is 6.09. The van der Waals surface area contributed by atoms with Gasteiger partial charge in [-0.1, -0.05) is 25.1 Å². The van der Waals surface area contributed by atoms with E-state index in [1.54, 1.807) is 0 Å². The minimum atomic E-state index is 0.492. The summed E-state index contributed by atoms with van der Waals surface area (Å²) in [7, 11) is 0. The molecule has 0 bridgehead atoms. The van der Waals surface area contributed by atoms with Crippen molar-refractivity contribution in [3.8, 4) is 0 Å². The molecule has 92 valence electrons. The van der Waals surface area contributed by atoms with E-state index >= 15 is 0 Å². The Balaban J connectivity index is 2.09. The van der Waals surface area contributed by atoms with Gasteiger partial charge in [0.25, 0.3) is 0 Å². The Morgan fingerprint density at radius 3 is 2.65 bits per heavy atom. The normalized spacial score (nSPS) is 26.0. The molecule has 0 spiro atoms. The second-order valence-corrected chi connectivity index (χ2v) is 4.98. The Bertz CT molecular complexity index is 386. The molecule has 1 aromatic carbocycles. The number of para-hydroxylation sites is 1. The number of rotatable bonds is 1. The maximum absolute atomic E-state index is 6.09. The third-order valence-corrected chi connectivity index (χ3v) is 3.43. The summed E-state index contributed by atoms with van der Waals surface area (Å²) in [5, 5.41) is 0. The molecule has 1 heterocycles. The lowest BCUT2D eigenvalue weighted by molar-refractivity contribution is 0.208. The molecule has 0 aliphatic carbocycles. The lowest BCUT2D eigenvalue weighted by Crippen LogP contribution is -2.47. The molecule has 1 aliphatic heterocycles. The topological polar surface area (TPSA) is 41.6 Å². The van der Waals surface area contributed by atoms with Crippen LogP contribution in [0.2, 0.25) is 0 Å². The number of nitrogens with zero attached hydrogens (tertiary/aromatic N) is 2. The summed E-state index contributed by atoms with van der Waals surface area (Å²) in [6.07, 6.45) is 2.40. The summed E-state index contributed by atoms with van der Waals surface area (Å²) in [4.78, 5) is 6.69. The minimum Gasteiger partial charge on any atom is -0.369 e. The second kappa shape index (κ2) is 5.21. The number of aliphatic imine (C=N–C) groups is 1. The first kappa shape index (κ1) is 12.0. The largest absolute Gasteiger partial charge is 0.369 e. The molecule has 1 fully saturated rings. The summed E-state index contributed by atoms with van der Waals surface area (Å²) in [5.41, 5.74) is 7.02. The van der Waals surface area contributed by atoms with Gasteiger partial charge >= 0.3 is 0 Å². The average molecular weight is 231 g/mol. The molecule has 2 N–H and O–H groups in total. The second-order valence-electron chi connectivity index (χ2n) is 4.98. The Labute approximate surface area is 103 Å². The van der Waals surface area contributed by atoms with Crippen LogP contribution in [-0.2, 0) is 0 Å². The third-order valence-electron chi connectivity index (χ3n) is 3.43. The zero-order valence-corrected chi connectivity index (χ0v) is 10.6. The smallest absolute Gasteiger partial charge is 0.196 e. The molecule has 0 aromatic heterocycles. The molecule has 17 heavy (non-hydrogen) atoms. The van der Waals surface area contributed by atoms with Crippen LogP contribution in [0.25, 0.3) is 0 Å². The molecule has 3 nitrogen and oxygen atoms in total. The fraction of sp³-hybridized carbons (Fsp3) is 0.500. The molecule has 2 rings (SSSR count). The fourth-order valence-electron chi connectivity index (χ4n) is 2.45. The lowest BCUT2D eigenvalue weighted by Gasteiger charge is -2.37. The van der Waals surface area contributed by atoms with Crippen LogP contribution in [0, 0.1) is 5.92 Å². The number of nitrogens with two attached hydrogens (primary N) is 1. The van der Waals surface area contributed by atoms with Crippen LogP contribution in [0.4, 0.5) is 5.69 Å². The Morgan fingerprint density at radius 2 is 2.00 bits per heavy atom. The quantitative estimate of drug-likeness (QED) is 0.596.